The summed E-state index contributed by atoms with van der Waals surface area (Å²) in [6.07, 6.45) is 1.60. The average molecular weight is 353 g/mol. The first-order valence-electron chi connectivity index (χ1n) is 8.70. The zero-order valence-corrected chi connectivity index (χ0v) is 15.5. The van der Waals surface area contributed by atoms with Crippen LogP contribution < -0.4 is 10.9 Å². The Morgan fingerprint density at radius 2 is 1.96 bits per heavy atom. The van der Waals surface area contributed by atoms with Crippen LogP contribution in [0.15, 0.2) is 35.3 Å². The van der Waals surface area contributed by atoms with Gasteiger partial charge in [0.25, 0.3) is 5.56 Å². The molecule has 0 radical (unpaired) electrons. The van der Waals surface area contributed by atoms with Crippen molar-refractivity contribution >= 4 is 16.7 Å². The Morgan fingerprint density at radius 3 is 2.65 bits per heavy atom. The molecule has 0 aliphatic carbocycles. The molecule has 0 bridgehead atoms. The molecule has 0 fully saturated rings. The van der Waals surface area contributed by atoms with Crippen molar-refractivity contribution in [2.75, 3.05) is 0 Å². The summed E-state index contributed by atoms with van der Waals surface area (Å²) in [5.74, 6) is -0.259. The van der Waals surface area contributed by atoms with Crippen molar-refractivity contribution in [1.29, 1.82) is 0 Å². The maximum absolute atomic E-state index is 12.5. The third-order valence-corrected chi connectivity index (χ3v) is 4.60. The number of amides is 1. The van der Waals surface area contributed by atoms with Gasteiger partial charge in [0, 0.05) is 23.2 Å². The second-order valence-electron chi connectivity index (χ2n) is 6.38. The van der Waals surface area contributed by atoms with E-state index in [1.54, 1.807) is 18.3 Å². The van der Waals surface area contributed by atoms with Crippen LogP contribution in [0.4, 0.5) is 0 Å². The lowest BCUT2D eigenvalue weighted by Crippen LogP contribution is -2.35. The molecule has 2 heterocycles. The van der Waals surface area contributed by atoms with Crippen molar-refractivity contribution in [3.05, 3.63) is 57.8 Å². The van der Waals surface area contributed by atoms with Crippen LogP contribution in [0.1, 0.15) is 36.8 Å². The van der Waals surface area contributed by atoms with Crippen molar-refractivity contribution < 1.29 is 4.79 Å². The van der Waals surface area contributed by atoms with Gasteiger partial charge in [-0.1, -0.05) is 18.2 Å². The van der Waals surface area contributed by atoms with Crippen molar-refractivity contribution in [3.63, 3.8) is 0 Å². The fourth-order valence-corrected chi connectivity index (χ4v) is 3.38. The van der Waals surface area contributed by atoms with E-state index in [4.69, 9.17) is 0 Å². The fraction of sp³-hybridized carbons (Fsp3) is 0.368. The highest BCUT2D eigenvalue weighted by molar-refractivity contribution is 5.81. The summed E-state index contributed by atoms with van der Waals surface area (Å²) in [6.45, 7) is 8.55. The van der Waals surface area contributed by atoms with E-state index >= 15 is 0 Å². The van der Waals surface area contributed by atoms with Gasteiger partial charge >= 0.3 is 0 Å². The van der Waals surface area contributed by atoms with Crippen LogP contribution in [0, 0.1) is 13.8 Å². The Labute approximate surface area is 151 Å². The molecule has 136 valence electrons. The zero-order chi connectivity index (χ0) is 18.8. The van der Waals surface area contributed by atoms with E-state index in [0.717, 1.165) is 28.9 Å². The Balaban J connectivity index is 1.78. The minimum absolute atomic E-state index is 0.117. The van der Waals surface area contributed by atoms with Crippen LogP contribution in [0.5, 0.6) is 0 Å². The fourth-order valence-electron chi connectivity index (χ4n) is 3.38. The standard InChI is InChI=1S/C19H23N5O2/c1-5-23-14(4)18(13(3)22-23)12(2)21-17(25)11-24-19(26)16-9-7-6-8-15(16)10-20-24/h6-10,12H,5,11H2,1-4H3,(H,21,25). The number of aromatic nitrogens is 4. The Kier molecular flexibility index (Phi) is 4.88. The highest BCUT2D eigenvalue weighted by Crippen LogP contribution is 2.21. The molecule has 7 heteroatoms. The van der Waals surface area contributed by atoms with E-state index in [9.17, 15) is 9.59 Å². The van der Waals surface area contributed by atoms with E-state index in [2.05, 4.69) is 15.5 Å². The van der Waals surface area contributed by atoms with Crippen LogP contribution in [0.2, 0.25) is 0 Å². The summed E-state index contributed by atoms with van der Waals surface area (Å²) >= 11 is 0. The van der Waals surface area contributed by atoms with E-state index in [1.807, 2.05) is 44.5 Å². The molecule has 26 heavy (non-hydrogen) atoms. The van der Waals surface area contributed by atoms with Crippen LogP contribution in [0.3, 0.4) is 0 Å². The summed E-state index contributed by atoms with van der Waals surface area (Å²) in [5.41, 5.74) is 2.69. The number of rotatable bonds is 5. The summed E-state index contributed by atoms with van der Waals surface area (Å²) < 4.78 is 3.11. The van der Waals surface area contributed by atoms with Crippen LogP contribution >= 0.6 is 0 Å². The van der Waals surface area contributed by atoms with Crippen molar-refractivity contribution in [2.24, 2.45) is 0 Å². The first-order chi connectivity index (χ1) is 12.4. The third-order valence-electron chi connectivity index (χ3n) is 4.60. The molecule has 1 amide bonds. The number of aryl methyl sites for hydroxylation is 2. The third kappa shape index (κ3) is 3.24. The molecule has 1 N–H and O–H groups in total. The number of fused-ring (bicyclic) bond motifs is 1. The Bertz CT molecular complexity index is 1020. The normalized spacial score (nSPS) is 12.3. The summed E-state index contributed by atoms with van der Waals surface area (Å²) in [5, 5.41) is 12.9. The lowest BCUT2D eigenvalue weighted by Gasteiger charge is -2.15. The zero-order valence-electron chi connectivity index (χ0n) is 15.5. The largest absolute Gasteiger partial charge is 0.348 e. The second kappa shape index (κ2) is 7.11. The predicted molar refractivity (Wildman–Crippen MR) is 99.9 cm³/mol. The van der Waals surface area contributed by atoms with Crippen LogP contribution in [-0.2, 0) is 17.9 Å². The minimum atomic E-state index is -0.267. The smallest absolute Gasteiger partial charge is 0.275 e. The first-order valence-corrected chi connectivity index (χ1v) is 8.70. The minimum Gasteiger partial charge on any atom is -0.348 e. The SMILES string of the molecule is CCn1nc(C)c(C(C)NC(=O)Cn2ncc3ccccc3c2=O)c1C. The molecular formula is C19H23N5O2. The molecule has 1 unspecified atom stereocenters. The first kappa shape index (κ1) is 17.8. The molecule has 0 aliphatic heterocycles. The topological polar surface area (TPSA) is 81.8 Å². The van der Waals surface area contributed by atoms with Gasteiger partial charge in [-0.2, -0.15) is 10.2 Å². The average Bonchev–Trinajstić information content (AvgIpc) is 2.91. The number of hydrogen-bond acceptors (Lipinski definition) is 4. The number of nitrogens with zero attached hydrogens (tertiary/aromatic N) is 4. The maximum atomic E-state index is 12.5. The number of carbonyl (C=O) groups excluding carboxylic acids is 1. The van der Waals surface area contributed by atoms with Gasteiger partial charge in [0.15, 0.2) is 0 Å². The van der Waals surface area contributed by atoms with Crippen molar-refractivity contribution in [2.45, 2.75) is 46.8 Å². The number of carbonyl (C=O) groups is 1. The summed E-state index contributed by atoms with van der Waals surface area (Å²) in [6, 6.07) is 7.02. The van der Waals surface area contributed by atoms with Crippen molar-refractivity contribution in [1.82, 2.24) is 24.9 Å². The van der Waals surface area contributed by atoms with Gasteiger partial charge in [-0.05, 0) is 33.8 Å². The lowest BCUT2D eigenvalue weighted by molar-refractivity contribution is -0.122. The lowest BCUT2D eigenvalue weighted by atomic mass is 10.1. The number of benzene rings is 1. The predicted octanol–water partition coefficient (Wildman–Crippen LogP) is 2.11. The van der Waals surface area contributed by atoms with Gasteiger partial charge in [0.05, 0.1) is 23.3 Å². The monoisotopic (exact) mass is 353 g/mol. The van der Waals surface area contributed by atoms with Gasteiger partial charge in [-0.25, -0.2) is 4.68 Å². The van der Waals surface area contributed by atoms with Crippen molar-refractivity contribution in [3.8, 4) is 0 Å². The van der Waals surface area contributed by atoms with Crippen LogP contribution in [-0.4, -0.2) is 25.5 Å². The summed E-state index contributed by atoms with van der Waals surface area (Å²) in [7, 11) is 0. The Morgan fingerprint density at radius 1 is 1.23 bits per heavy atom. The van der Waals surface area contributed by atoms with Gasteiger partial charge in [-0.3, -0.25) is 14.3 Å². The molecular weight excluding hydrogens is 330 g/mol. The van der Waals surface area contributed by atoms with Crippen LogP contribution in [0.25, 0.3) is 10.8 Å². The molecule has 2 aromatic heterocycles. The Hall–Kier alpha value is -2.96. The highest BCUT2D eigenvalue weighted by Gasteiger charge is 2.19. The molecule has 0 spiro atoms. The van der Waals surface area contributed by atoms with E-state index < -0.39 is 0 Å². The number of hydrogen-bond donors (Lipinski definition) is 1. The van der Waals surface area contributed by atoms with E-state index in [-0.39, 0.29) is 24.1 Å². The van der Waals surface area contributed by atoms with Gasteiger partial charge in [0.1, 0.15) is 6.54 Å². The molecule has 7 nitrogen and oxygen atoms in total. The molecule has 0 saturated carbocycles. The summed E-state index contributed by atoms with van der Waals surface area (Å²) in [4.78, 5) is 24.9. The van der Waals surface area contributed by atoms with E-state index in [1.165, 1.54) is 4.68 Å². The second-order valence-corrected chi connectivity index (χ2v) is 6.38. The molecule has 0 aliphatic rings. The molecule has 3 rings (SSSR count). The van der Waals surface area contributed by atoms with E-state index in [0.29, 0.717) is 5.39 Å². The molecule has 1 atom stereocenters. The quantitative estimate of drug-likeness (QED) is 0.762. The highest BCUT2D eigenvalue weighted by atomic mass is 16.2. The van der Waals surface area contributed by atoms with Gasteiger partial charge in [0.2, 0.25) is 5.91 Å². The molecule has 0 saturated heterocycles. The molecule has 3 aromatic rings. The van der Waals surface area contributed by atoms with Gasteiger partial charge < -0.3 is 5.32 Å². The maximum Gasteiger partial charge on any atom is 0.275 e. The molecule has 1 aromatic carbocycles. The number of nitrogens with one attached hydrogen (secondary N) is 1. The van der Waals surface area contributed by atoms with Gasteiger partial charge in [-0.15, -0.1) is 0 Å².